The molecule has 2 aromatic heterocycles. The van der Waals surface area contributed by atoms with Gasteiger partial charge in [-0.25, -0.2) is 9.67 Å². The molecule has 0 aliphatic carbocycles. The molecule has 2 unspecified atom stereocenters. The van der Waals surface area contributed by atoms with Crippen molar-refractivity contribution in [2.75, 3.05) is 10.9 Å². The number of nitrogens with two attached hydrogens (primary N) is 1. The van der Waals surface area contributed by atoms with Gasteiger partial charge in [0.25, 0.3) is 5.91 Å². The van der Waals surface area contributed by atoms with Gasteiger partial charge in [-0.2, -0.15) is 10.2 Å². The topological polar surface area (TPSA) is 218 Å². The van der Waals surface area contributed by atoms with E-state index in [0.717, 1.165) is 51.3 Å². The summed E-state index contributed by atoms with van der Waals surface area (Å²) in [4.78, 5) is 83.8. The van der Waals surface area contributed by atoms with Gasteiger partial charge in [-0.3, -0.25) is 49.4 Å². The quantitative estimate of drug-likeness (QED) is 0.0131. The molecule has 0 bridgehead atoms. The van der Waals surface area contributed by atoms with E-state index >= 15 is 0 Å². The summed E-state index contributed by atoms with van der Waals surface area (Å²) >= 11 is 65.5. The van der Waals surface area contributed by atoms with Crippen LogP contribution in [-0.2, 0) is 30.4 Å². The predicted molar refractivity (Wildman–Crippen MR) is 511 cm³/mol. The molecule has 0 radical (unpaired) electrons. The number of nitrogens with one attached hydrogen (secondary N) is 2. The Labute approximate surface area is 774 Å². The first-order chi connectivity index (χ1) is 49.7. The number of hydrazone groups is 1. The molecular weight excluding hydrogens is 2610 g/mol. The van der Waals surface area contributed by atoms with Gasteiger partial charge >= 0.3 is 114 Å². The van der Waals surface area contributed by atoms with E-state index in [0.29, 0.717) is 105 Å². The van der Waals surface area contributed by atoms with Crippen molar-refractivity contribution in [3.8, 4) is 16.9 Å². The summed E-state index contributed by atoms with van der Waals surface area (Å²) in [6.07, 6.45) is 7.64. The maximum atomic E-state index is 12.7. The van der Waals surface area contributed by atoms with E-state index in [1.165, 1.54) is 39.5 Å². The van der Waals surface area contributed by atoms with Crippen molar-refractivity contribution >= 4 is 328 Å². The molecule has 9 aromatic rings. The summed E-state index contributed by atoms with van der Waals surface area (Å²) in [5.74, 6) is 3.35. The first kappa shape index (κ1) is 106. The average Bonchev–Trinajstić information content (AvgIpc) is 1.62. The Balaban J connectivity index is 0.00000126. The second-order valence-electron chi connectivity index (χ2n) is 20.9. The Morgan fingerprint density at radius 1 is 0.594 bits per heavy atom. The number of ketones is 6. The fourth-order valence-corrected chi connectivity index (χ4v) is 11.2. The van der Waals surface area contributed by atoms with Gasteiger partial charge in [0.1, 0.15) is 17.8 Å². The van der Waals surface area contributed by atoms with Crippen LogP contribution < -0.4 is 16.7 Å². The van der Waals surface area contributed by atoms with Gasteiger partial charge < -0.3 is 5.43 Å². The van der Waals surface area contributed by atoms with Crippen molar-refractivity contribution in [3.05, 3.63) is 246 Å². The summed E-state index contributed by atoms with van der Waals surface area (Å²) < 4.78 is 6.73. The maximum absolute atomic E-state index is 12.7. The van der Waals surface area contributed by atoms with E-state index in [9.17, 15) is 33.6 Å². The first-order valence-electron chi connectivity index (χ1n) is 30.5. The first-order valence-corrected chi connectivity index (χ1v) is 64.8. The van der Waals surface area contributed by atoms with Gasteiger partial charge in [-0.05, 0) is 143 Å². The molecule has 2 atom stereocenters. The molecule has 15 nitrogen and oxygen atoms in total. The zero-order chi connectivity index (χ0) is 79.6. The van der Waals surface area contributed by atoms with Crippen LogP contribution in [0.5, 0.6) is 0 Å². The summed E-state index contributed by atoms with van der Waals surface area (Å²) in [5.41, 5.74) is 13.3. The number of imidazole rings is 1. The fourth-order valence-electron chi connectivity index (χ4n) is 8.74. The minimum absolute atomic E-state index is 0. The summed E-state index contributed by atoms with van der Waals surface area (Å²) in [6.45, 7) is 13.9. The summed E-state index contributed by atoms with van der Waals surface area (Å²) in [6, 6.07) is 45.2. The molecule has 0 saturated heterocycles. The van der Waals surface area contributed by atoms with Crippen molar-refractivity contribution in [2.24, 2.45) is 22.8 Å². The monoisotopic (exact) mass is 2680 g/mol. The van der Waals surface area contributed by atoms with Crippen LogP contribution >= 0.6 is 270 Å². The number of hydrogen-bond donors (Lipinski definition) is 3. The van der Waals surface area contributed by atoms with Crippen LogP contribution in [0.2, 0.25) is 30.1 Å². The number of hydrazine groups is 1. The van der Waals surface area contributed by atoms with Crippen LogP contribution in [0.4, 0.5) is 11.4 Å². The number of halogens is 17. The zero-order valence-corrected chi connectivity index (χ0v) is 85.6. The Bertz CT molecular complexity index is 4260. The second kappa shape index (κ2) is 59.5. The van der Waals surface area contributed by atoms with Gasteiger partial charge in [-0.1, -0.05) is 217 Å². The number of carbonyl (C=O) groups excluding carboxylic acids is 7. The number of hydrogen-bond acceptors (Lipinski definition) is 13. The normalized spacial score (nSPS) is 10.6. The number of anilines is 2. The van der Waals surface area contributed by atoms with E-state index in [2.05, 4.69) is 227 Å². The standard InChI is InChI=1S/C19H15BrCl2N2O.C18H17BrCl2N2O.C12H13BrO2.C10H11BrO.C6H6Cl2N2.C6H6N2O2.CH4.I2.5HI.2V/c1-3-15-18(11(2)25)23-24(17-9-8-14(21)10-16(17)22)19(15)12-4-6-13(20)7-5-12;1-3-15(18(24)12-4-6-13(19)7-5-12)11(2)22-23-17-9-8-14(20)10-16(17)21;1-3-11(8(2)14)12(15)9-4-6-10(13)7-5-9;1-2-3-10(12)8-4-6-9(11)7-5-8;7-4-1-2-6(10-9)5(8)3-4;1-5(9)6(10)8-3-2-7-4-8;;1-2;;;;;;;/h4-10H,3H2,1-2H3;4-10,15,23H,3H2,1-2H3;4-7,11H,3H2,1-2H3;4-7H,2-3H2,1H3;1-3,10H,9H2;2-4H,1H3;1H4;;5*1H;;/q;;;;;;;;;;;;;+2;+3/p-5/b;22-11+;;;;;;;;;;;;;. The SMILES string of the molecule is C.CC(=O)C(=O)n1ccnc1.CCC(C(=O)c1ccc(Br)cc1)/C(C)=N/Nc1ccc(Cl)cc1Cl.CCC(C(C)=O)C(=O)c1ccc(Br)cc1.CCCC(=O)c1ccc(Br)cc1.CCc1c(C(C)=O)nn(-c2ccc(Cl)cc2Cl)c1-c1ccc(Br)cc1.II.NNc1ccc(Cl)cc1Cl.[I][V]([I])[I].[I][V][I]. The number of Topliss-reactive ketones (excluding diaryl/α,β-unsaturated/α-hetero) is 6. The van der Waals surface area contributed by atoms with Crippen molar-refractivity contribution in [3.63, 3.8) is 0 Å². The third-order valence-electron chi connectivity index (χ3n) is 13.7. The number of benzene rings is 7. The van der Waals surface area contributed by atoms with Crippen LogP contribution in [0.3, 0.4) is 0 Å². The summed E-state index contributed by atoms with van der Waals surface area (Å²) in [7, 11) is 0.628. The number of carbonyl (C=O) groups is 7. The molecule has 0 saturated carbocycles. The van der Waals surface area contributed by atoms with Crippen LogP contribution in [0, 0.1) is 11.8 Å². The third kappa shape index (κ3) is 39.9. The Morgan fingerprint density at radius 2 is 1.00 bits per heavy atom. The molecule has 0 fully saturated rings. The van der Waals surface area contributed by atoms with E-state index in [-0.39, 0.29) is 47.2 Å². The van der Waals surface area contributed by atoms with Gasteiger partial charge in [0, 0.05) is 136 Å². The Hall–Kier alpha value is -0.181. The Morgan fingerprint density at radius 3 is 1.36 bits per heavy atom. The van der Waals surface area contributed by atoms with E-state index in [4.69, 9.17) is 75.4 Å². The number of rotatable bonds is 19. The molecule has 0 aliphatic rings. The molecule has 2 heterocycles. The van der Waals surface area contributed by atoms with Crippen molar-refractivity contribution in [1.82, 2.24) is 19.3 Å². The minimum atomic E-state index is -0.558. The molecule has 106 heavy (non-hydrogen) atoms. The van der Waals surface area contributed by atoms with E-state index in [1.54, 1.807) is 77.5 Å². The molecule has 0 amide bonds. The molecule has 4 N–H and O–H groups in total. The molecule has 9 rings (SSSR count). The number of nitrogens with zero attached hydrogens (tertiary/aromatic N) is 5. The van der Waals surface area contributed by atoms with Crippen molar-refractivity contribution < 1.29 is 47.9 Å². The molecular formula is C72H72Br4Cl6I7N8O7V2. The van der Waals surface area contributed by atoms with Gasteiger partial charge in [0.05, 0.1) is 49.7 Å². The van der Waals surface area contributed by atoms with E-state index in [1.807, 2.05) is 113 Å². The number of aromatic nitrogens is 4. The Kier molecular flexibility index (Phi) is 59.4. The number of nitrogen functional groups attached to an aromatic ring is 1. The fraction of sp³-hybridized carbons (Fsp3) is 0.222. The van der Waals surface area contributed by atoms with Crippen LogP contribution in [0.1, 0.15) is 140 Å². The summed E-state index contributed by atoms with van der Waals surface area (Å²) in [5, 5.41) is 12.1. The second-order valence-corrected chi connectivity index (χ2v) is 74.3. The van der Waals surface area contributed by atoms with Crippen molar-refractivity contribution in [2.45, 2.75) is 94.9 Å². The molecule has 0 aliphatic heterocycles. The predicted octanol–water partition coefficient (Wildman–Crippen LogP) is 28.7. The van der Waals surface area contributed by atoms with Crippen LogP contribution in [0.25, 0.3) is 16.9 Å². The average molecular weight is 2680 g/mol. The van der Waals surface area contributed by atoms with Crippen molar-refractivity contribution in [1.29, 1.82) is 0 Å². The molecule has 0 spiro atoms. The van der Waals surface area contributed by atoms with Gasteiger partial charge in [0.2, 0.25) is 5.78 Å². The zero-order valence-electron chi connectivity index (χ0n) is 56.8. The molecule has 7 aromatic carbocycles. The molecule has 571 valence electrons. The van der Waals surface area contributed by atoms with E-state index < -0.39 is 17.6 Å². The third-order valence-corrected chi connectivity index (χ3v) is 17.4. The molecule has 34 heteroatoms. The van der Waals surface area contributed by atoms with Gasteiger partial charge in [-0.15, -0.1) is 0 Å². The van der Waals surface area contributed by atoms with Crippen LogP contribution in [-0.4, -0.2) is 65.6 Å². The van der Waals surface area contributed by atoms with Crippen LogP contribution in [0.15, 0.2) is 193 Å². The van der Waals surface area contributed by atoms with Gasteiger partial charge in [0.15, 0.2) is 23.1 Å².